The van der Waals surface area contributed by atoms with E-state index < -0.39 is 21.3 Å². The molecule has 0 saturated carbocycles. The van der Waals surface area contributed by atoms with Crippen LogP contribution in [0, 0.1) is 5.92 Å². The summed E-state index contributed by atoms with van der Waals surface area (Å²) in [5.41, 5.74) is 0. The fourth-order valence-corrected chi connectivity index (χ4v) is 2.98. The first-order chi connectivity index (χ1) is 7.43. The van der Waals surface area contributed by atoms with Gasteiger partial charge in [0.1, 0.15) is 6.17 Å². The van der Waals surface area contributed by atoms with E-state index in [2.05, 4.69) is 5.32 Å². The summed E-state index contributed by atoms with van der Waals surface area (Å²) in [6, 6.07) is 0. The Morgan fingerprint density at radius 1 is 1.31 bits per heavy atom. The van der Waals surface area contributed by atoms with E-state index in [9.17, 15) is 12.8 Å². The van der Waals surface area contributed by atoms with Gasteiger partial charge in [-0.2, -0.15) is 0 Å². The van der Waals surface area contributed by atoms with Gasteiger partial charge in [-0.05, 0) is 52.1 Å². The lowest BCUT2D eigenvalue weighted by atomic mass is 9.92. The lowest BCUT2D eigenvalue weighted by Gasteiger charge is -2.25. The minimum absolute atomic E-state index is 0.0181. The zero-order chi connectivity index (χ0) is 12.2. The second-order valence-electron chi connectivity index (χ2n) is 4.81. The van der Waals surface area contributed by atoms with Gasteiger partial charge >= 0.3 is 0 Å². The first-order valence-electron chi connectivity index (χ1n) is 6.00. The van der Waals surface area contributed by atoms with Crippen molar-refractivity contribution in [3.8, 4) is 0 Å². The van der Waals surface area contributed by atoms with Crippen molar-refractivity contribution in [2.45, 2.75) is 44.5 Å². The SMILES string of the molecule is CC(C)S(=O)(=O)CCC(F)C1CCNCC1. The molecule has 0 bridgehead atoms. The van der Waals surface area contributed by atoms with Crippen molar-refractivity contribution in [3.63, 3.8) is 0 Å². The Hall–Kier alpha value is -0.160. The standard InChI is InChI=1S/C11H22FNO2S/c1-9(2)16(14,15)8-5-11(12)10-3-6-13-7-4-10/h9-11,13H,3-8H2,1-2H3. The van der Waals surface area contributed by atoms with Crippen molar-refractivity contribution < 1.29 is 12.8 Å². The second kappa shape index (κ2) is 5.96. The average molecular weight is 251 g/mol. The third-order valence-electron chi connectivity index (χ3n) is 3.29. The molecule has 0 spiro atoms. The van der Waals surface area contributed by atoms with Crippen LogP contribution in [0.4, 0.5) is 4.39 Å². The third kappa shape index (κ3) is 4.01. The summed E-state index contributed by atoms with van der Waals surface area (Å²) in [5, 5.41) is 2.78. The second-order valence-corrected chi connectivity index (χ2v) is 7.48. The summed E-state index contributed by atoms with van der Waals surface area (Å²) >= 11 is 0. The highest BCUT2D eigenvalue weighted by atomic mass is 32.2. The number of halogens is 1. The molecule has 16 heavy (non-hydrogen) atoms. The molecule has 3 nitrogen and oxygen atoms in total. The van der Waals surface area contributed by atoms with E-state index in [4.69, 9.17) is 0 Å². The van der Waals surface area contributed by atoms with Crippen LogP contribution in [0.5, 0.6) is 0 Å². The van der Waals surface area contributed by atoms with Crippen LogP contribution in [0.3, 0.4) is 0 Å². The fraction of sp³-hybridized carbons (Fsp3) is 1.00. The number of hydrogen-bond donors (Lipinski definition) is 1. The van der Waals surface area contributed by atoms with Crippen molar-refractivity contribution in [2.75, 3.05) is 18.8 Å². The molecule has 1 heterocycles. The zero-order valence-corrected chi connectivity index (χ0v) is 10.9. The van der Waals surface area contributed by atoms with E-state index in [-0.39, 0.29) is 18.1 Å². The number of sulfone groups is 1. The molecule has 96 valence electrons. The molecule has 1 saturated heterocycles. The Morgan fingerprint density at radius 3 is 2.38 bits per heavy atom. The Morgan fingerprint density at radius 2 is 1.88 bits per heavy atom. The van der Waals surface area contributed by atoms with Crippen LogP contribution in [0.1, 0.15) is 33.1 Å². The Kier molecular flexibility index (Phi) is 5.18. The van der Waals surface area contributed by atoms with Gasteiger partial charge < -0.3 is 5.32 Å². The summed E-state index contributed by atoms with van der Waals surface area (Å²) in [5.74, 6) is 0.0269. The molecule has 1 fully saturated rings. The van der Waals surface area contributed by atoms with Crippen LogP contribution in [-0.4, -0.2) is 38.7 Å². The van der Waals surface area contributed by atoms with Crippen LogP contribution < -0.4 is 5.32 Å². The van der Waals surface area contributed by atoms with Gasteiger partial charge in [0, 0.05) is 0 Å². The summed E-state index contributed by atoms with van der Waals surface area (Å²) in [6.07, 6.45) is 0.840. The summed E-state index contributed by atoms with van der Waals surface area (Å²) in [4.78, 5) is 0. The van der Waals surface area contributed by atoms with Crippen molar-refractivity contribution in [2.24, 2.45) is 5.92 Å². The van der Waals surface area contributed by atoms with Crippen LogP contribution in [-0.2, 0) is 9.84 Å². The molecule has 0 aromatic rings. The summed E-state index contributed by atoms with van der Waals surface area (Å²) in [7, 11) is -3.09. The molecular formula is C11H22FNO2S. The van der Waals surface area contributed by atoms with E-state index >= 15 is 0 Å². The molecule has 0 aromatic heterocycles. The van der Waals surface area contributed by atoms with E-state index in [1.165, 1.54) is 0 Å². The van der Waals surface area contributed by atoms with Gasteiger partial charge in [-0.25, -0.2) is 12.8 Å². The van der Waals surface area contributed by atoms with Crippen molar-refractivity contribution in [1.82, 2.24) is 5.32 Å². The number of piperidine rings is 1. The van der Waals surface area contributed by atoms with E-state index in [1.54, 1.807) is 13.8 Å². The van der Waals surface area contributed by atoms with Gasteiger partial charge in [0.05, 0.1) is 11.0 Å². The highest BCUT2D eigenvalue weighted by molar-refractivity contribution is 7.91. The van der Waals surface area contributed by atoms with Crippen molar-refractivity contribution >= 4 is 9.84 Å². The van der Waals surface area contributed by atoms with Crippen molar-refractivity contribution in [3.05, 3.63) is 0 Å². The molecule has 0 aromatic carbocycles. The van der Waals surface area contributed by atoms with E-state index in [0.717, 1.165) is 25.9 Å². The van der Waals surface area contributed by atoms with Gasteiger partial charge in [-0.3, -0.25) is 0 Å². The first kappa shape index (κ1) is 13.9. The minimum Gasteiger partial charge on any atom is -0.317 e. The van der Waals surface area contributed by atoms with Crippen LogP contribution >= 0.6 is 0 Å². The Bertz CT molecular complexity index is 297. The number of rotatable bonds is 5. The first-order valence-corrected chi connectivity index (χ1v) is 7.71. The molecule has 5 heteroatoms. The number of alkyl halides is 1. The smallest absolute Gasteiger partial charge is 0.152 e. The Balaban J connectivity index is 2.37. The van der Waals surface area contributed by atoms with Gasteiger partial charge in [0.25, 0.3) is 0 Å². The molecule has 0 radical (unpaired) electrons. The van der Waals surface area contributed by atoms with Crippen LogP contribution in [0.15, 0.2) is 0 Å². The highest BCUT2D eigenvalue weighted by Gasteiger charge is 2.25. The monoisotopic (exact) mass is 251 g/mol. The van der Waals surface area contributed by atoms with Crippen molar-refractivity contribution in [1.29, 1.82) is 0 Å². The quantitative estimate of drug-likeness (QED) is 0.806. The molecule has 1 atom stereocenters. The molecule has 1 aliphatic rings. The van der Waals surface area contributed by atoms with E-state index in [0.29, 0.717) is 0 Å². The minimum atomic E-state index is -3.09. The van der Waals surface area contributed by atoms with Gasteiger partial charge in [-0.15, -0.1) is 0 Å². The highest BCUT2D eigenvalue weighted by Crippen LogP contribution is 2.22. The molecule has 1 aliphatic heterocycles. The molecular weight excluding hydrogens is 229 g/mol. The largest absolute Gasteiger partial charge is 0.317 e. The number of nitrogens with one attached hydrogen (secondary N) is 1. The van der Waals surface area contributed by atoms with Gasteiger partial charge in [0.2, 0.25) is 0 Å². The lowest BCUT2D eigenvalue weighted by molar-refractivity contribution is 0.183. The number of hydrogen-bond acceptors (Lipinski definition) is 3. The van der Waals surface area contributed by atoms with Crippen LogP contribution in [0.25, 0.3) is 0 Å². The predicted molar refractivity (Wildman–Crippen MR) is 64.0 cm³/mol. The summed E-state index contributed by atoms with van der Waals surface area (Å²) < 4.78 is 36.9. The predicted octanol–water partition coefficient (Wildman–Crippen LogP) is 1.54. The maximum Gasteiger partial charge on any atom is 0.152 e. The average Bonchev–Trinajstić information content (AvgIpc) is 2.27. The van der Waals surface area contributed by atoms with E-state index in [1.807, 2.05) is 0 Å². The Labute approximate surface area is 97.7 Å². The van der Waals surface area contributed by atoms with Gasteiger partial charge in [-0.1, -0.05) is 0 Å². The normalized spacial score (nSPS) is 21.2. The summed E-state index contributed by atoms with van der Waals surface area (Å²) in [6.45, 7) is 4.99. The molecule has 0 aliphatic carbocycles. The van der Waals surface area contributed by atoms with Gasteiger partial charge in [0.15, 0.2) is 9.84 Å². The maximum atomic E-state index is 13.8. The third-order valence-corrected chi connectivity index (χ3v) is 5.53. The molecule has 1 rings (SSSR count). The molecule has 1 unspecified atom stereocenters. The fourth-order valence-electron chi connectivity index (χ4n) is 1.95. The molecule has 1 N–H and O–H groups in total. The zero-order valence-electron chi connectivity index (χ0n) is 10.1. The van der Waals surface area contributed by atoms with Crippen LogP contribution in [0.2, 0.25) is 0 Å². The maximum absolute atomic E-state index is 13.8. The molecule has 0 amide bonds. The topological polar surface area (TPSA) is 46.2 Å². The lowest BCUT2D eigenvalue weighted by Crippen LogP contribution is -2.33.